The molecular formula is C27H23BF10N2O3. The molecule has 232 valence electrons. The normalized spacial score (nSPS) is 12.7. The van der Waals surface area contributed by atoms with Gasteiger partial charge in [-0.25, -0.2) is 9.79 Å². The van der Waals surface area contributed by atoms with E-state index in [0.717, 1.165) is 0 Å². The molecule has 1 aliphatic heterocycles. The molecular weight excluding hydrogens is 601 g/mol. The van der Waals surface area contributed by atoms with Crippen LogP contribution in [0.4, 0.5) is 49.3 Å². The van der Waals surface area contributed by atoms with Crippen LogP contribution in [-0.2, 0) is 4.74 Å². The number of nitrogens with one attached hydrogen (secondary N) is 2. The maximum Gasteiger partial charge on any atom is 0.673 e. The van der Waals surface area contributed by atoms with Crippen LogP contribution < -0.4 is 15.7 Å². The Kier molecular flexibility index (Phi) is 9.71. The summed E-state index contributed by atoms with van der Waals surface area (Å²) in [5, 5.41) is 3.03. The molecule has 0 saturated carbocycles. The van der Waals surface area contributed by atoms with E-state index in [4.69, 9.17) is 9.15 Å². The Morgan fingerprint density at radius 1 is 0.907 bits per heavy atom. The zero-order chi connectivity index (χ0) is 32.3. The van der Waals surface area contributed by atoms with Crippen LogP contribution >= 0.6 is 0 Å². The van der Waals surface area contributed by atoms with Gasteiger partial charge in [-0.3, -0.25) is 0 Å². The molecule has 1 aliphatic carbocycles. The van der Waals surface area contributed by atoms with E-state index in [1.807, 2.05) is 0 Å². The summed E-state index contributed by atoms with van der Waals surface area (Å²) in [5.74, 6) is -0.434. The molecule has 5 nitrogen and oxygen atoms in total. The van der Waals surface area contributed by atoms with Gasteiger partial charge in [0.25, 0.3) is 0 Å². The molecule has 2 N–H and O–H groups in total. The predicted molar refractivity (Wildman–Crippen MR) is 139 cm³/mol. The van der Waals surface area contributed by atoms with Crippen LogP contribution in [0, 0.1) is 13.8 Å². The van der Waals surface area contributed by atoms with E-state index in [1.54, 1.807) is 50.2 Å². The number of ether oxygens (including phenoxy) is 1. The molecule has 2 aliphatic rings. The van der Waals surface area contributed by atoms with Crippen molar-refractivity contribution < 1.29 is 62.5 Å². The van der Waals surface area contributed by atoms with Crippen LogP contribution in [0.1, 0.15) is 21.5 Å². The molecule has 4 rings (SSSR count). The first-order valence-corrected chi connectivity index (χ1v) is 12.3. The number of rotatable bonds is 5. The number of hydrogen-bond acceptors (Lipinski definition) is 4. The summed E-state index contributed by atoms with van der Waals surface area (Å²) in [6.45, 7) is 0.729. The molecule has 2 aromatic rings. The van der Waals surface area contributed by atoms with Gasteiger partial charge in [-0.1, -0.05) is 18.2 Å². The SMILES string of the molecule is COC(=O)c1ccccc1-c1c2cc(C)c(=[NH+]CC(F)(F)F)cc-2oc2cc(NCC(F)(F)F)c(C)cc12.F[B-](F)(F)F. The molecule has 0 amide bonds. The van der Waals surface area contributed by atoms with E-state index in [1.165, 1.54) is 19.2 Å². The summed E-state index contributed by atoms with van der Waals surface area (Å²) in [7, 11) is -4.76. The highest BCUT2D eigenvalue weighted by Crippen LogP contribution is 2.43. The molecule has 2 aromatic carbocycles. The summed E-state index contributed by atoms with van der Waals surface area (Å²) < 4.78 is 127. The van der Waals surface area contributed by atoms with Crippen molar-refractivity contribution in [3.8, 4) is 22.5 Å². The zero-order valence-electron chi connectivity index (χ0n) is 22.6. The van der Waals surface area contributed by atoms with Crippen LogP contribution in [0.15, 0.2) is 52.9 Å². The maximum absolute atomic E-state index is 12.9. The average molecular weight is 624 g/mol. The monoisotopic (exact) mass is 624 g/mol. The maximum atomic E-state index is 12.9. The van der Waals surface area contributed by atoms with Crippen molar-refractivity contribution in [3.63, 3.8) is 0 Å². The number of aryl methyl sites for hydroxylation is 2. The topological polar surface area (TPSA) is 65.4 Å². The fourth-order valence-electron chi connectivity index (χ4n) is 4.25. The van der Waals surface area contributed by atoms with E-state index >= 15 is 0 Å². The summed E-state index contributed by atoms with van der Waals surface area (Å²) in [5.41, 5.74) is 3.06. The van der Waals surface area contributed by atoms with Gasteiger partial charge in [-0.15, -0.1) is 0 Å². The van der Waals surface area contributed by atoms with Crippen molar-refractivity contribution in [2.24, 2.45) is 0 Å². The lowest BCUT2D eigenvalue weighted by atomic mass is 9.89. The van der Waals surface area contributed by atoms with Gasteiger partial charge < -0.3 is 31.7 Å². The Labute approximate surface area is 237 Å². The zero-order valence-corrected chi connectivity index (χ0v) is 22.6. The minimum absolute atomic E-state index is 0.174. The number of fused-ring (bicyclic) bond motifs is 2. The van der Waals surface area contributed by atoms with E-state index < -0.39 is 38.7 Å². The average Bonchev–Trinajstić information content (AvgIpc) is 2.87. The van der Waals surface area contributed by atoms with Crippen molar-refractivity contribution >= 4 is 29.9 Å². The highest BCUT2D eigenvalue weighted by molar-refractivity contribution is 6.50. The van der Waals surface area contributed by atoms with Crippen LogP contribution in [0.2, 0.25) is 0 Å². The Balaban J connectivity index is 0.000000934. The number of hydrogen-bond donors (Lipinski definition) is 2. The summed E-state index contributed by atoms with van der Waals surface area (Å²) >= 11 is 0. The van der Waals surface area contributed by atoms with Gasteiger partial charge in [0, 0.05) is 33.8 Å². The summed E-state index contributed by atoms with van der Waals surface area (Å²) in [4.78, 5) is 15.0. The quantitative estimate of drug-likeness (QED) is 0.116. The number of anilines is 1. The molecule has 0 aromatic heterocycles. The second-order valence-corrected chi connectivity index (χ2v) is 9.27. The van der Waals surface area contributed by atoms with Crippen molar-refractivity contribution in [2.45, 2.75) is 26.2 Å². The number of esters is 1. The molecule has 0 fully saturated rings. The first kappa shape index (κ1) is 33.3. The van der Waals surface area contributed by atoms with Crippen LogP contribution in [0.25, 0.3) is 33.4 Å². The van der Waals surface area contributed by atoms with Crippen molar-refractivity contribution in [1.29, 1.82) is 0 Å². The minimum Gasteiger partial charge on any atom is -0.465 e. The third kappa shape index (κ3) is 9.12. The van der Waals surface area contributed by atoms with Gasteiger partial charge in [0.05, 0.1) is 18.7 Å². The second-order valence-electron chi connectivity index (χ2n) is 9.27. The Bertz CT molecular complexity index is 1650. The number of carbonyl (C=O) groups is 1. The molecule has 0 unspecified atom stereocenters. The first-order chi connectivity index (χ1) is 19.8. The molecule has 0 spiro atoms. The fourth-order valence-corrected chi connectivity index (χ4v) is 4.25. The van der Waals surface area contributed by atoms with E-state index in [9.17, 15) is 48.4 Å². The molecule has 0 radical (unpaired) electrons. The standard InChI is InChI=1S/C27H22F6N2O3.BF4/c1-14-8-18-22(10-20(14)34-12-26(28,29)30)38-23-11-21(35-13-27(31,32)33)15(2)9-19(23)24(18)16-6-4-5-7-17(16)25(36)37-3;2-1(3,4)5/h4-11,34H,12-13H2,1-3H3;/q;-1/p+1. The lowest BCUT2D eigenvalue weighted by Crippen LogP contribution is -2.80. The van der Waals surface area contributed by atoms with Gasteiger partial charge in [0.15, 0.2) is 0 Å². The minimum atomic E-state index is -6.00. The number of halogens is 10. The third-order valence-electron chi connectivity index (χ3n) is 5.97. The molecule has 43 heavy (non-hydrogen) atoms. The molecule has 0 saturated heterocycles. The smallest absolute Gasteiger partial charge is 0.465 e. The Morgan fingerprint density at radius 3 is 2.12 bits per heavy atom. The number of benzene rings is 3. The number of carbonyl (C=O) groups excluding carboxylic acids is 1. The van der Waals surface area contributed by atoms with Crippen molar-refractivity contribution in [3.05, 3.63) is 70.6 Å². The van der Waals surface area contributed by atoms with Crippen LogP contribution in [0.3, 0.4) is 0 Å². The lowest BCUT2D eigenvalue weighted by molar-refractivity contribution is -0.536. The highest BCUT2D eigenvalue weighted by Gasteiger charge is 2.31. The van der Waals surface area contributed by atoms with Gasteiger partial charge in [-0.05, 0) is 43.2 Å². The molecule has 1 heterocycles. The Morgan fingerprint density at radius 2 is 1.53 bits per heavy atom. The second kappa shape index (κ2) is 12.6. The van der Waals surface area contributed by atoms with Crippen LogP contribution in [0.5, 0.6) is 0 Å². The summed E-state index contributed by atoms with van der Waals surface area (Å²) in [6.07, 6.45) is -8.91. The van der Waals surface area contributed by atoms with Gasteiger partial charge in [-0.2, -0.15) is 26.3 Å². The third-order valence-corrected chi connectivity index (χ3v) is 5.97. The largest absolute Gasteiger partial charge is 0.673 e. The van der Waals surface area contributed by atoms with E-state index in [2.05, 4.69) is 10.3 Å². The molecule has 16 heteroatoms. The van der Waals surface area contributed by atoms with Crippen LogP contribution in [-0.4, -0.2) is 45.8 Å². The number of methoxy groups -OCH3 is 1. The van der Waals surface area contributed by atoms with Crippen molar-refractivity contribution in [1.82, 2.24) is 0 Å². The van der Waals surface area contributed by atoms with Gasteiger partial charge >= 0.3 is 25.6 Å². The Hall–Kier alpha value is -4.24. The van der Waals surface area contributed by atoms with E-state index in [0.29, 0.717) is 33.2 Å². The molecule has 0 bridgehead atoms. The number of alkyl halides is 6. The predicted octanol–water partition coefficient (Wildman–Crippen LogP) is 6.43. The first-order valence-electron chi connectivity index (χ1n) is 12.3. The van der Waals surface area contributed by atoms with Crippen molar-refractivity contribution in [2.75, 3.05) is 25.5 Å². The lowest BCUT2D eigenvalue weighted by Gasteiger charge is -2.19. The van der Waals surface area contributed by atoms with Gasteiger partial charge in [0.1, 0.15) is 17.9 Å². The summed E-state index contributed by atoms with van der Waals surface area (Å²) in [6, 6.07) is 12.7. The highest BCUT2D eigenvalue weighted by atomic mass is 19.5. The van der Waals surface area contributed by atoms with Gasteiger partial charge in [0.2, 0.25) is 11.9 Å². The van der Waals surface area contributed by atoms with E-state index in [-0.39, 0.29) is 28.0 Å². The molecule has 0 atom stereocenters. The fraction of sp³-hybridized carbons (Fsp3) is 0.259.